The van der Waals surface area contributed by atoms with Crippen LogP contribution in [0.25, 0.3) is 0 Å². The van der Waals surface area contributed by atoms with Crippen LogP contribution in [0.5, 0.6) is 0 Å². The van der Waals surface area contributed by atoms with Crippen molar-refractivity contribution in [3.8, 4) is 0 Å². The van der Waals surface area contributed by atoms with Crippen LogP contribution in [-0.2, 0) is 9.47 Å². The first-order chi connectivity index (χ1) is 11.7. The number of hydrogen-bond donors (Lipinski definition) is 0. The zero-order valence-electron chi connectivity index (χ0n) is 14.4. The van der Waals surface area contributed by atoms with E-state index in [1.54, 1.807) is 4.90 Å². The van der Waals surface area contributed by atoms with E-state index in [4.69, 9.17) is 9.47 Å². The number of morpholine rings is 1. The second-order valence-electron chi connectivity index (χ2n) is 6.48. The molecule has 1 saturated heterocycles. The topological polar surface area (TPSA) is 42.0 Å². The molecule has 1 aromatic carbocycles. The summed E-state index contributed by atoms with van der Waals surface area (Å²) in [6.07, 6.45) is -0.391. The van der Waals surface area contributed by atoms with Crippen molar-refractivity contribution in [2.24, 2.45) is 0 Å². The van der Waals surface area contributed by atoms with E-state index in [-0.39, 0.29) is 0 Å². The normalized spacial score (nSPS) is 14.9. The van der Waals surface area contributed by atoms with Crippen molar-refractivity contribution in [2.75, 3.05) is 31.2 Å². The molecule has 5 nitrogen and oxygen atoms in total. The molecule has 1 aliphatic rings. The summed E-state index contributed by atoms with van der Waals surface area (Å²) >= 11 is 7.99. The Morgan fingerprint density at radius 1 is 1.28 bits per heavy atom. The Kier molecular flexibility index (Phi) is 7.84. The number of benzene rings is 1. The first kappa shape index (κ1) is 21.2. The van der Waals surface area contributed by atoms with E-state index in [9.17, 15) is 4.79 Å². The van der Waals surface area contributed by atoms with E-state index in [2.05, 4.69) is 66.0 Å². The highest BCUT2D eigenvalue weighted by Gasteiger charge is 2.31. The monoisotopic (exact) mass is 634 g/mol. The summed E-state index contributed by atoms with van der Waals surface area (Å²) in [5.74, 6) is 0.830. The van der Waals surface area contributed by atoms with Crippen molar-refractivity contribution in [3.63, 3.8) is 0 Å². The van der Waals surface area contributed by atoms with E-state index in [1.165, 1.54) is 0 Å². The second-order valence-corrected chi connectivity index (χ2v) is 11.6. The Balaban J connectivity index is 2.48. The number of halogens is 3. The van der Waals surface area contributed by atoms with Crippen LogP contribution in [0.2, 0.25) is 0 Å². The molecule has 25 heavy (non-hydrogen) atoms. The maximum atomic E-state index is 13.0. The highest BCUT2D eigenvalue weighted by molar-refractivity contribution is 14.2. The molecule has 0 bridgehead atoms. The van der Waals surface area contributed by atoms with Gasteiger partial charge >= 0.3 is 6.09 Å². The summed E-state index contributed by atoms with van der Waals surface area (Å²) in [4.78, 5) is 16.9. The summed E-state index contributed by atoms with van der Waals surface area (Å²) in [6, 6.07) is 7.67. The molecular formula is C17H21BrI2N2O3. The highest BCUT2D eigenvalue weighted by Crippen LogP contribution is 2.33. The van der Waals surface area contributed by atoms with Gasteiger partial charge in [0.1, 0.15) is 11.4 Å². The predicted octanol–water partition coefficient (Wildman–Crippen LogP) is 5.52. The summed E-state index contributed by atoms with van der Waals surface area (Å²) < 4.78 is 13.0. The van der Waals surface area contributed by atoms with E-state index >= 15 is 0 Å². The molecule has 8 heteroatoms. The lowest BCUT2D eigenvalue weighted by atomic mass is 10.2. The molecule has 2 rings (SSSR count). The molecule has 0 N–H and O–H groups in total. The average Bonchev–Trinajstić information content (AvgIpc) is 2.51. The molecule has 0 unspecified atom stereocenters. The third-order valence-corrected chi connectivity index (χ3v) is 4.79. The van der Waals surface area contributed by atoms with Crippen LogP contribution in [0.4, 0.5) is 10.5 Å². The van der Waals surface area contributed by atoms with Crippen molar-refractivity contribution in [1.29, 1.82) is 0 Å². The minimum atomic E-state index is -0.575. The highest BCUT2D eigenvalue weighted by atomic mass is 127. The Morgan fingerprint density at radius 3 is 2.44 bits per heavy atom. The van der Waals surface area contributed by atoms with Gasteiger partial charge < -0.3 is 14.4 Å². The van der Waals surface area contributed by atoms with E-state index in [0.29, 0.717) is 13.2 Å². The number of carbonyl (C=O) groups is 1. The van der Waals surface area contributed by atoms with Gasteiger partial charge in [-0.1, -0.05) is 22.0 Å². The fraction of sp³-hybridized carbons (Fsp3) is 0.471. The van der Waals surface area contributed by atoms with Gasteiger partial charge in [-0.15, -0.1) is 0 Å². The number of hydrogen-bond acceptors (Lipinski definition) is 4. The Morgan fingerprint density at radius 2 is 1.92 bits per heavy atom. The molecule has 1 aromatic rings. The molecule has 1 amide bonds. The third-order valence-electron chi connectivity index (χ3n) is 3.33. The lowest BCUT2D eigenvalue weighted by molar-refractivity contribution is 0.0445. The fourth-order valence-corrected chi connectivity index (χ4v) is 3.91. The van der Waals surface area contributed by atoms with Gasteiger partial charge in [-0.2, -0.15) is 0 Å². The Hall–Kier alpha value is -0.0700. The van der Waals surface area contributed by atoms with Gasteiger partial charge in [0.15, 0.2) is 0 Å². The van der Waals surface area contributed by atoms with Gasteiger partial charge in [0, 0.05) is 17.6 Å². The van der Waals surface area contributed by atoms with Crippen LogP contribution in [0, 0.1) is 0 Å². The largest absolute Gasteiger partial charge is 0.443 e. The van der Waals surface area contributed by atoms with Crippen molar-refractivity contribution < 1.29 is 14.3 Å². The van der Waals surface area contributed by atoms with Crippen LogP contribution in [0.3, 0.4) is 0 Å². The molecule has 0 atom stereocenters. The van der Waals surface area contributed by atoms with E-state index < -0.39 is 11.7 Å². The Labute approximate surface area is 184 Å². The lowest BCUT2D eigenvalue weighted by Crippen LogP contribution is -2.46. The quantitative estimate of drug-likeness (QED) is 0.411. The van der Waals surface area contributed by atoms with Crippen LogP contribution in [0.15, 0.2) is 36.1 Å². The molecular weight excluding hydrogens is 614 g/mol. The SMILES string of the molecule is CC(C)(C)OC(=O)N(C(=C(I)I)N1CCOCC1)c1cccc(Br)c1. The second kappa shape index (κ2) is 9.23. The van der Waals surface area contributed by atoms with E-state index in [0.717, 1.165) is 30.7 Å². The summed E-state index contributed by atoms with van der Waals surface area (Å²) in [7, 11) is 0. The third kappa shape index (κ3) is 6.24. The van der Waals surface area contributed by atoms with Gasteiger partial charge in [-0.25, -0.2) is 9.69 Å². The molecule has 1 fully saturated rings. The number of ether oxygens (including phenoxy) is 2. The van der Waals surface area contributed by atoms with Gasteiger partial charge in [-0.05, 0) is 84.2 Å². The molecule has 0 radical (unpaired) electrons. The zero-order valence-corrected chi connectivity index (χ0v) is 20.3. The van der Waals surface area contributed by atoms with Crippen molar-refractivity contribution >= 4 is 72.9 Å². The van der Waals surface area contributed by atoms with Crippen molar-refractivity contribution in [3.05, 3.63) is 36.1 Å². The molecule has 138 valence electrons. The first-order valence-electron chi connectivity index (χ1n) is 7.85. The summed E-state index contributed by atoms with van der Waals surface area (Å²) in [5.41, 5.74) is 0.185. The number of anilines is 1. The first-order valence-corrected chi connectivity index (χ1v) is 10.8. The van der Waals surface area contributed by atoms with Crippen molar-refractivity contribution in [1.82, 2.24) is 4.90 Å². The molecule has 0 spiro atoms. The van der Waals surface area contributed by atoms with Gasteiger partial charge in [-0.3, -0.25) is 0 Å². The van der Waals surface area contributed by atoms with Crippen molar-refractivity contribution in [2.45, 2.75) is 26.4 Å². The van der Waals surface area contributed by atoms with Gasteiger partial charge in [0.25, 0.3) is 0 Å². The van der Waals surface area contributed by atoms with Crippen LogP contribution in [0.1, 0.15) is 20.8 Å². The maximum absolute atomic E-state index is 13.0. The van der Waals surface area contributed by atoms with Gasteiger partial charge in [0.2, 0.25) is 0 Å². The number of rotatable bonds is 3. The van der Waals surface area contributed by atoms with Crippen LogP contribution < -0.4 is 4.90 Å². The average molecular weight is 635 g/mol. The number of nitrogens with zero attached hydrogens (tertiary/aromatic N) is 2. The smallest absolute Gasteiger partial charge is 0.420 e. The van der Waals surface area contributed by atoms with E-state index in [1.807, 2.05) is 45.0 Å². The number of carbonyl (C=O) groups excluding carboxylic acids is 1. The standard InChI is InChI=1S/C17H21BrI2N2O3/c1-17(2,3)25-16(23)22(13-6-4-5-12(18)11-13)15(14(19)20)21-7-9-24-10-8-21/h4-6,11H,7-10H2,1-3H3. The molecule has 0 saturated carbocycles. The summed E-state index contributed by atoms with van der Waals surface area (Å²) in [5, 5.41) is 0. The molecule has 1 heterocycles. The predicted molar refractivity (Wildman–Crippen MR) is 120 cm³/mol. The fourth-order valence-electron chi connectivity index (χ4n) is 2.36. The minimum absolute atomic E-state index is 0.391. The van der Waals surface area contributed by atoms with Crippen LogP contribution >= 0.6 is 61.1 Å². The molecule has 1 aliphatic heterocycles. The maximum Gasteiger partial charge on any atom is 0.420 e. The van der Waals surface area contributed by atoms with Crippen LogP contribution in [-0.4, -0.2) is 42.9 Å². The zero-order chi connectivity index (χ0) is 18.6. The minimum Gasteiger partial charge on any atom is -0.443 e. The lowest BCUT2D eigenvalue weighted by Gasteiger charge is -2.37. The Bertz CT molecular complexity index is 652. The number of amides is 1. The van der Waals surface area contributed by atoms with Gasteiger partial charge in [0.05, 0.1) is 20.5 Å². The molecule has 0 aromatic heterocycles. The molecule has 0 aliphatic carbocycles. The summed E-state index contributed by atoms with van der Waals surface area (Å²) in [6.45, 7) is 8.37.